The lowest BCUT2D eigenvalue weighted by Gasteiger charge is -1.96. The molecule has 0 unspecified atom stereocenters. The van der Waals surface area contributed by atoms with Crippen LogP contribution < -0.4 is 0 Å². The monoisotopic (exact) mass is 262 g/mol. The van der Waals surface area contributed by atoms with Gasteiger partial charge in [-0.2, -0.15) is 0 Å². The summed E-state index contributed by atoms with van der Waals surface area (Å²) in [5, 5.41) is 11.6. The van der Waals surface area contributed by atoms with Gasteiger partial charge in [-0.15, -0.1) is 11.3 Å². The predicted molar refractivity (Wildman–Crippen MR) is 70.5 cm³/mol. The molecule has 0 spiro atoms. The maximum atomic E-state index is 10.4. The van der Waals surface area contributed by atoms with Crippen LogP contribution in [-0.4, -0.2) is 21.0 Å². The number of aliphatic carboxylic acids is 1. The van der Waals surface area contributed by atoms with E-state index in [0.717, 1.165) is 29.1 Å². The van der Waals surface area contributed by atoms with Crippen LogP contribution in [0.15, 0.2) is 29.9 Å². The van der Waals surface area contributed by atoms with Gasteiger partial charge in [-0.1, -0.05) is 0 Å². The van der Waals surface area contributed by atoms with Crippen molar-refractivity contribution >= 4 is 17.3 Å². The van der Waals surface area contributed by atoms with Crippen LogP contribution in [0.2, 0.25) is 0 Å². The molecule has 4 nitrogen and oxygen atoms in total. The van der Waals surface area contributed by atoms with Gasteiger partial charge in [0.15, 0.2) is 0 Å². The molecule has 2 rings (SSSR count). The highest BCUT2D eigenvalue weighted by atomic mass is 32.1. The fourth-order valence-corrected chi connectivity index (χ4v) is 2.48. The summed E-state index contributed by atoms with van der Waals surface area (Å²) in [7, 11) is 0. The van der Waals surface area contributed by atoms with Crippen LogP contribution in [0.3, 0.4) is 0 Å². The van der Waals surface area contributed by atoms with Crippen molar-refractivity contribution in [3.8, 4) is 11.3 Å². The molecule has 0 saturated carbocycles. The number of thiazole rings is 1. The van der Waals surface area contributed by atoms with Gasteiger partial charge in [-0.3, -0.25) is 9.78 Å². The number of carbonyl (C=O) groups is 1. The van der Waals surface area contributed by atoms with Crippen molar-refractivity contribution < 1.29 is 9.90 Å². The molecule has 0 aromatic carbocycles. The third kappa shape index (κ3) is 3.63. The highest BCUT2D eigenvalue weighted by molar-refractivity contribution is 7.09. The van der Waals surface area contributed by atoms with Crippen LogP contribution in [0, 0.1) is 0 Å². The molecule has 2 aromatic rings. The van der Waals surface area contributed by atoms with Crippen LogP contribution >= 0.6 is 11.3 Å². The minimum atomic E-state index is -0.730. The van der Waals surface area contributed by atoms with Crippen LogP contribution in [-0.2, 0) is 11.2 Å². The van der Waals surface area contributed by atoms with Crippen molar-refractivity contribution in [3.63, 3.8) is 0 Å². The second-order valence-corrected chi connectivity index (χ2v) is 4.91. The van der Waals surface area contributed by atoms with Crippen molar-refractivity contribution in [1.29, 1.82) is 0 Å². The first kappa shape index (κ1) is 12.7. The average Bonchev–Trinajstić information content (AvgIpc) is 2.84. The van der Waals surface area contributed by atoms with Crippen LogP contribution in [0.5, 0.6) is 0 Å². The number of carboxylic acid groups (broad SMARTS) is 1. The lowest BCUT2D eigenvalue weighted by atomic mass is 10.2. The second-order valence-electron chi connectivity index (χ2n) is 3.96. The summed E-state index contributed by atoms with van der Waals surface area (Å²) in [4.78, 5) is 18.9. The molecule has 18 heavy (non-hydrogen) atoms. The molecule has 0 amide bonds. The highest BCUT2D eigenvalue weighted by Gasteiger charge is 2.04. The summed E-state index contributed by atoms with van der Waals surface area (Å²) in [5.74, 6) is -0.730. The quantitative estimate of drug-likeness (QED) is 0.813. The third-order valence-electron chi connectivity index (χ3n) is 2.56. The molecule has 0 aliphatic rings. The lowest BCUT2D eigenvalue weighted by molar-refractivity contribution is -0.137. The number of aryl methyl sites for hydroxylation is 1. The average molecular weight is 262 g/mol. The van der Waals surface area contributed by atoms with E-state index in [-0.39, 0.29) is 6.42 Å². The normalized spacial score (nSPS) is 10.4. The second kappa shape index (κ2) is 6.26. The zero-order chi connectivity index (χ0) is 12.8. The Kier molecular flexibility index (Phi) is 4.41. The third-order valence-corrected chi connectivity index (χ3v) is 3.47. The summed E-state index contributed by atoms with van der Waals surface area (Å²) in [6, 6.07) is 3.87. The van der Waals surface area contributed by atoms with Gasteiger partial charge in [0.25, 0.3) is 0 Å². The number of hydrogen-bond acceptors (Lipinski definition) is 4. The molecule has 0 aliphatic carbocycles. The predicted octanol–water partition coefficient (Wildman–Crippen LogP) is 3.00. The van der Waals surface area contributed by atoms with E-state index in [0.29, 0.717) is 6.42 Å². The number of carboxylic acids is 1. The molecule has 2 aromatic heterocycles. The minimum absolute atomic E-state index is 0.239. The smallest absolute Gasteiger partial charge is 0.303 e. The van der Waals surface area contributed by atoms with E-state index in [2.05, 4.69) is 9.97 Å². The van der Waals surface area contributed by atoms with Gasteiger partial charge in [0, 0.05) is 29.8 Å². The van der Waals surface area contributed by atoms with E-state index in [9.17, 15) is 4.79 Å². The van der Waals surface area contributed by atoms with Crippen LogP contribution in [0.25, 0.3) is 11.3 Å². The lowest BCUT2D eigenvalue weighted by Crippen LogP contribution is -1.94. The summed E-state index contributed by atoms with van der Waals surface area (Å²) in [6.45, 7) is 0. The number of rotatable bonds is 6. The molecule has 5 heteroatoms. The SMILES string of the molecule is O=C(O)CCCCc1nc(-c2ccncc2)cs1. The Balaban J connectivity index is 1.89. The molecule has 0 bridgehead atoms. The summed E-state index contributed by atoms with van der Waals surface area (Å²) in [5.41, 5.74) is 2.04. The number of nitrogens with zero attached hydrogens (tertiary/aromatic N) is 2. The zero-order valence-electron chi connectivity index (χ0n) is 9.87. The molecule has 0 radical (unpaired) electrons. The number of hydrogen-bond donors (Lipinski definition) is 1. The topological polar surface area (TPSA) is 63.1 Å². The summed E-state index contributed by atoms with van der Waals surface area (Å²) in [6.07, 6.45) is 6.17. The summed E-state index contributed by atoms with van der Waals surface area (Å²) >= 11 is 1.62. The van der Waals surface area contributed by atoms with Crippen LogP contribution in [0.4, 0.5) is 0 Å². The van der Waals surface area contributed by atoms with E-state index < -0.39 is 5.97 Å². The standard InChI is InChI=1S/C13H14N2O2S/c16-13(17)4-2-1-3-12-15-11(9-18-12)10-5-7-14-8-6-10/h5-9H,1-4H2,(H,16,17). The molecule has 0 aliphatic heterocycles. The largest absolute Gasteiger partial charge is 0.481 e. The first-order valence-corrected chi connectivity index (χ1v) is 6.70. The Morgan fingerprint density at radius 1 is 1.28 bits per heavy atom. The van der Waals surface area contributed by atoms with E-state index in [4.69, 9.17) is 5.11 Å². The molecule has 0 saturated heterocycles. The molecule has 1 N–H and O–H groups in total. The van der Waals surface area contributed by atoms with E-state index >= 15 is 0 Å². The first-order chi connectivity index (χ1) is 8.75. The molecular weight excluding hydrogens is 248 g/mol. The Morgan fingerprint density at radius 2 is 2.06 bits per heavy atom. The number of aromatic nitrogens is 2. The van der Waals surface area contributed by atoms with E-state index in [1.807, 2.05) is 17.5 Å². The van der Waals surface area contributed by atoms with E-state index in [1.165, 1.54) is 0 Å². The van der Waals surface area contributed by atoms with Crippen molar-refractivity contribution in [2.45, 2.75) is 25.7 Å². The van der Waals surface area contributed by atoms with Gasteiger partial charge in [0.1, 0.15) is 0 Å². The summed E-state index contributed by atoms with van der Waals surface area (Å²) < 4.78 is 0. The number of unbranched alkanes of at least 4 members (excludes halogenated alkanes) is 1. The maximum absolute atomic E-state index is 10.4. The van der Waals surface area contributed by atoms with Gasteiger partial charge in [0.2, 0.25) is 0 Å². The molecule has 2 heterocycles. The van der Waals surface area contributed by atoms with Crippen LogP contribution in [0.1, 0.15) is 24.3 Å². The van der Waals surface area contributed by atoms with Crippen molar-refractivity contribution in [2.75, 3.05) is 0 Å². The van der Waals surface area contributed by atoms with E-state index in [1.54, 1.807) is 23.7 Å². The fraction of sp³-hybridized carbons (Fsp3) is 0.308. The fourth-order valence-electron chi connectivity index (χ4n) is 1.63. The van der Waals surface area contributed by atoms with Gasteiger partial charge in [0.05, 0.1) is 10.7 Å². The van der Waals surface area contributed by atoms with Gasteiger partial charge < -0.3 is 5.11 Å². The van der Waals surface area contributed by atoms with Gasteiger partial charge in [-0.05, 0) is 31.4 Å². The Labute approximate surface area is 109 Å². The van der Waals surface area contributed by atoms with Crippen molar-refractivity contribution in [3.05, 3.63) is 34.9 Å². The Morgan fingerprint density at radius 3 is 2.78 bits per heavy atom. The van der Waals surface area contributed by atoms with Gasteiger partial charge >= 0.3 is 5.97 Å². The molecule has 0 fully saturated rings. The van der Waals surface area contributed by atoms with Crippen molar-refractivity contribution in [2.24, 2.45) is 0 Å². The Hall–Kier alpha value is -1.75. The Bertz CT molecular complexity index is 511. The van der Waals surface area contributed by atoms with Crippen molar-refractivity contribution in [1.82, 2.24) is 9.97 Å². The highest BCUT2D eigenvalue weighted by Crippen LogP contribution is 2.22. The zero-order valence-corrected chi connectivity index (χ0v) is 10.7. The number of pyridine rings is 1. The molecule has 0 atom stereocenters. The molecule has 94 valence electrons. The maximum Gasteiger partial charge on any atom is 0.303 e. The first-order valence-electron chi connectivity index (χ1n) is 5.82. The minimum Gasteiger partial charge on any atom is -0.481 e. The molecular formula is C13H14N2O2S. The van der Waals surface area contributed by atoms with Gasteiger partial charge in [-0.25, -0.2) is 4.98 Å².